The second-order valence-electron chi connectivity index (χ2n) is 11.8. The molecule has 1 spiro atoms. The third-order valence-corrected chi connectivity index (χ3v) is 9.59. The minimum Gasteiger partial charge on any atom is -0.467 e. The van der Waals surface area contributed by atoms with E-state index in [1.165, 1.54) is 24.3 Å². The number of halogens is 5. The number of rotatable bonds is 7. The van der Waals surface area contributed by atoms with Crippen molar-refractivity contribution in [2.75, 3.05) is 31.8 Å². The highest BCUT2D eigenvalue weighted by Crippen LogP contribution is 2.57. The number of benzene rings is 2. The number of allylic oxidation sites excluding steroid dienone is 1. The van der Waals surface area contributed by atoms with E-state index in [4.69, 9.17) is 37.4 Å². The van der Waals surface area contributed by atoms with Gasteiger partial charge < -0.3 is 19.3 Å². The molecule has 0 radical (unpaired) electrons. The predicted molar refractivity (Wildman–Crippen MR) is 159 cm³/mol. The normalized spacial score (nSPS) is 24.5. The maximum atomic E-state index is 14.1. The zero-order valence-electron chi connectivity index (χ0n) is 24.4. The Hall–Kier alpha value is -2.63. The van der Waals surface area contributed by atoms with Gasteiger partial charge in [0.05, 0.1) is 20.3 Å². The van der Waals surface area contributed by atoms with Gasteiger partial charge in [0.1, 0.15) is 5.54 Å². The number of hydrogen-bond acceptors (Lipinski definition) is 6. The number of aliphatic hydroxyl groups is 1. The van der Waals surface area contributed by atoms with Gasteiger partial charge in [-0.2, -0.15) is 13.2 Å². The first-order chi connectivity index (χ1) is 20.9. The van der Waals surface area contributed by atoms with Gasteiger partial charge in [-0.1, -0.05) is 47.8 Å². The molecule has 2 aromatic carbocycles. The van der Waals surface area contributed by atoms with Crippen LogP contribution in [0.15, 0.2) is 42.0 Å². The van der Waals surface area contributed by atoms with Crippen LogP contribution in [-0.2, 0) is 29.2 Å². The molecule has 1 amide bonds. The third-order valence-electron chi connectivity index (χ3n) is 9.03. The highest BCUT2D eigenvalue weighted by atomic mass is 35.5. The van der Waals surface area contributed by atoms with Crippen LogP contribution < -0.4 is 4.90 Å². The van der Waals surface area contributed by atoms with Gasteiger partial charge in [0.2, 0.25) is 0 Å². The van der Waals surface area contributed by atoms with Gasteiger partial charge in [-0.15, -0.1) is 0 Å². The van der Waals surface area contributed by atoms with Gasteiger partial charge in [-0.05, 0) is 85.9 Å². The highest BCUT2D eigenvalue weighted by molar-refractivity contribution is 6.31. The summed E-state index contributed by atoms with van der Waals surface area (Å²) in [5.74, 6) is -3.23. The second kappa shape index (κ2) is 12.6. The van der Waals surface area contributed by atoms with Crippen molar-refractivity contribution in [1.82, 2.24) is 0 Å². The van der Waals surface area contributed by atoms with Crippen molar-refractivity contribution in [3.05, 3.63) is 68.7 Å². The minimum atomic E-state index is -5.27. The number of carbonyl (C=O) groups excluding carboxylic acids is 2. The molecule has 2 aromatic rings. The second-order valence-corrected chi connectivity index (χ2v) is 12.6. The van der Waals surface area contributed by atoms with Crippen LogP contribution >= 0.6 is 23.2 Å². The molecular formula is C32H34Cl2F3NO6. The van der Waals surface area contributed by atoms with Gasteiger partial charge in [-0.3, -0.25) is 9.69 Å². The summed E-state index contributed by atoms with van der Waals surface area (Å²) in [6.07, 6.45) is -2.49. The van der Waals surface area contributed by atoms with Crippen molar-refractivity contribution in [2.24, 2.45) is 5.92 Å². The first-order valence-electron chi connectivity index (χ1n) is 14.5. The fraction of sp³-hybridized carbons (Fsp3) is 0.500. The molecule has 1 saturated carbocycles. The largest absolute Gasteiger partial charge is 0.471 e. The Balaban J connectivity index is 1.61. The van der Waals surface area contributed by atoms with Crippen LogP contribution in [0.4, 0.5) is 18.9 Å². The first kappa shape index (κ1) is 32.8. The maximum absolute atomic E-state index is 14.1. The molecule has 12 heteroatoms. The molecule has 0 unspecified atom stereocenters. The predicted octanol–water partition coefficient (Wildman–Crippen LogP) is 7.16. The first-order valence-corrected chi connectivity index (χ1v) is 15.3. The molecule has 3 aliphatic rings. The lowest BCUT2D eigenvalue weighted by Crippen LogP contribution is -2.63. The highest BCUT2D eigenvalue weighted by Gasteiger charge is 2.59. The lowest BCUT2D eigenvalue weighted by Gasteiger charge is -2.50. The Morgan fingerprint density at radius 1 is 1.11 bits per heavy atom. The van der Waals surface area contributed by atoms with E-state index in [1.54, 1.807) is 0 Å². The smallest absolute Gasteiger partial charge is 0.467 e. The quantitative estimate of drug-likeness (QED) is 0.319. The van der Waals surface area contributed by atoms with Crippen LogP contribution in [0.25, 0.3) is 6.08 Å². The summed E-state index contributed by atoms with van der Waals surface area (Å²) in [6.45, 7) is 2.86. The Bertz CT molecular complexity index is 1450. The van der Waals surface area contributed by atoms with Gasteiger partial charge in [0.25, 0.3) is 0 Å². The summed E-state index contributed by atoms with van der Waals surface area (Å²) in [4.78, 5) is 27.2. The molecule has 0 aromatic heterocycles. The zero-order valence-corrected chi connectivity index (χ0v) is 25.9. The standard InChI is InChI=1S/C32H34Cl2F3NO6/c1-19(18-39)13-21-14-20-15-26(34)24(27-43-11-4-12-44-27)17-25(20)30(21)7-9-31(10-8-30,29(41)42-2)38(28(40)32(35,36)37)23-6-3-5-22(33)16-23/h3,5-6,14-17,19,27,39H,4,7-13,18H2,1-2H3/t19-,30?,31?/m1/s1. The molecule has 238 valence electrons. The summed E-state index contributed by atoms with van der Waals surface area (Å²) in [7, 11) is 1.10. The lowest BCUT2D eigenvalue weighted by molar-refractivity contribution is -0.183. The summed E-state index contributed by atoms with van der Waals surface area (Å²) in [6, 6.07) is 9.22. The number of esters is 1. The van der Waals surface area contributed by atoms with Crippen LogP contribution in [0, 0.1) is 5.92 Å². The van der Waals surface area contributed by atoms with Crippen LogP contribution in [0.1, 0.15) is 68.4 Å². The minimum absolute atomic E-state index is 0.0613. The van der Waals surface area contributed by atoms with E-state index in [0.717, 1.165) is 30.2 Å². The number of aliphatic hydroxyl groups excluding tert-OH is 1. The topological polar surface area (TPSA) is 85.3 Å². The van der Waals surface area contributed by atoms with E-state index in [1.807, 2.05) is 25.1 Å². The number of hydrogen-bond donors (Lipinski definition) is 1. The molecular weight excluding hydrogens is 622 g/mol. The van der Waals surface area contributed by atoms with Crippen LogP contribution in [0.2, 0.25) is 10.0 Å². The molecule has 7 nitrogen and oxygen atoms in total. The van der Waals surface area contributed by atoms with Crippen molar-refractivity contribution < 1.29 is 42.1 Å². The third kappa shape index (κ3) is 5.87. The Morgan fingerprint density at radius 2 is 1.80 bits per heavy atom. The van der Waals surface area contributed by atoms with E-state index in [0.29, 0.717) is 35.1 Å². The molecule has 1 N–H and O–H groups in total. The summed E-state index contributed by atoms with van der Waals surface area (Å²) >= 11 is 12.8. The molecule has 2 aliphatic carbocycles. The van der Waals surface area contributed by atoms with Gasteiger partial charge in [-0.25, -0.2) is 4.79 Å². The molecule has 0 bridgehead atoms. The van der Waals surface area contributed by atoms with Crippen molar-refractivity contribution in [1.29, 1.82) is 0 Å². The molecule has 1 saturated heterocycles. The maximum Gasteiger partial charge on any atom is 0.471 e. The molecule has 1 atom stereocenters. The summed E-state index contributed by atoms with van der Waals surface area (Å²) in [5, 5.41) is 10.5. The monoisotopic (exact) mass is 655 g/mol. The Morgan fingerprint density at radius 3 is 2.39 bits per heavy atom. The number of alkyl halides is 3. The number of anilines is 1. The van der Waals surface area contributed by atoms with Crippen molar-refractivity contribution in [3.63, 3.8) is 0 Å². The van der Waals surface area contributed by atoms with Crippen LogP contribution in [0.3, 0.4) is 0 Å². The number of methoxy groups -OCH3 is 1. The molecule has 5 rings (SSSR count). The summed E-state index contributed by atoms with van der Waals surface area (Å²) in [5.41, 5.74) is 0.542. The average molecular weight is 657 g/mol. The van der Waals surface area contributed by atoms with E-state index in [9.17, 15) is 27.9 Å². The molecule has 1 aliphatic heterocycles. The fourth-order valence-corrected chi connectivity index (χ4v) is 7.32. The number of amides is 1. The van der Waals surface area contributed by atoms with Gasteiger partial charge in [0, 0.05) is 33.3 Å². The summed E-state index contributed by atoms with van der Waals surface area (Å²) < 4.78 is 59.2. The molecule has 2 fully saturated rings. The van der Waals surface area contributed by atoms with Gasteiger partial charge >= 0.3 is 18.1 Å². The number of ether oxygens (including phenoxy) is 3. The molecule has 44 heavy (non-hydrogen) atoms. The van der Waals surface area contributed by atoms with Gasteiger partial charge in [0.15, 0.2) is 6.29 Å². The Labute approximate surface area is 263 Å². The number of fused-ring (bicyclic) bond motifs is 2. The average Bonchev–Trinajstić information content (AvgIpc) is 3.28. The number of carbonyl (C=O) groups is 2. The fourth-order valence-electron chi connectivity index (χ4n) is 6.87. The zero-order chi connectivity index (χ0) is 31.9. The lowest BCUT2D eigenvalue weighted by atomic mass is 9.60. The van der Waals surface area contributed by atoms with E-state index in [-0.39, 0.29) is 48.9 Å². The van der Waals surface area contributed by atoms with Crippen LogP contribution in [0.5, 0.6) is 0 Å². The van der Waals surface area contributed by atoms with Crippen molar-refractivity contribution in [3.8, 4) is 0 Å². The van der Waals surface area contributed by atoms with Crippen LogP contribution in [-0.4, -0.2) is 55.6 Å². The SMILES string of the molecule is COC(=O)C1(N(C(=O)C(F)(F)F)c2cccc(Cl)c2)CCC2(CC1)C(C[C@@H](C)CO)=Cc1cc(Cl)c(C3OCCCO3)cc12. The van der Waals surface area contributed by atoms with E-state index < -0.39 is 35.3 Å². The molecule has 1 heterocycles. The van der Waals surface area contributed by atoms with E-state index >= 15 is 0 Å². The van der Waals surface area contributed by atoms with Crippen molar-refractivity contribution in [2.45, 2.75) is 68.9 Å². The number of nitrogens with zero attached hydrogens (tertiary/aromatic N) is 1. The van der Waals surface area contributed by atoms with Crippen molar-refractivity contribution >= 4 is 46.8 Å². The Kier molecular flexibility index (Phi) is 9.41. The van der Waals surface area contributed by atoms with E-state index in [2.05, 4.69) is 0 Å².